The number of hydrogen-bond donors (Lipinski definition) is 2. The van der Waals surface area contributed by atoms with Gasteiger partial charge in [-0.25, -0.2) is 0 Å². The van der Waals surface area contributed by atoms with Crippen molar-refractivity contribution in [3.8, 4) is 0 Å². The number of anilines is 1. The quantitative estimate of drug-likeness (QED) is 0.842. The molecule has 0 aliphatic heterocycles. The number of H-pyrrole nitrogens is 1. The van der Waals surface area contributed by atoms with Crippen molar-refractivity contribution in [3.05, 3.63) is 43.9 Å². The van der Waals surface area contributed by atoms with E-state index in [0.717, 1.165) is 27.4 Å². The van der Waals surface area contributed by atoms with Crippen LogP contribution in [0, 0.1) is 24.7 Å². The molecule has 2 N–H and O–H groups in total. The Morgan fingerprint density at radius 1 is 1.37 bits per heavy atom. The van der Waals surface area contributed by atoms with Crippen LogP contribution in [-0.2, 0) is 11.2 Å². The first-order chi connectivity index (χ1) is 8.95. The lowest BCUT2D eigenvalue weighted by molar-refractivity contribution is -0.115. The van der Waals surface area contributed by atoms with Crippen molar-refractivity contribution >= 4 is 35.1 Å². The second-order valence-electron chi connectivity index (χ2n) is 4.61. The zero-order valence-electron chi connectivity index (χ0n) is 11.2. The fourth-order valence-corrected chi connectivity index (χ4v) is 3.11. The molecule has 0 spiro atoms. The van der Waals surface area contributed by atoms with E-state index in [1.165, 1.54) is 11.3 Å². The Bertz CT molecular complexity index is 670. The number of benzene rings is 1. The van der Waals surface area contributed by atoms with E-state index in [9.17, 15) is 4.79 Å². The number of rotatable bonds is 3. The highest BCUT2D eigenvalue weighted by Gasteiger charge is 2.10. The maximum Gasteiger partial charge on any atom is 0.229 e. The second-order valence-corrected chi connectivity index (χ2v) is 6.38. The topological polar surface area (TPSA) is 44.9 Å². The van der Waals surface area contributed by atoms with Gasteiger partial charge in [0.25, 0.3) is 0 Å². The minimum Gasteiger partial charge on any atom is -0.341 e. The van der Waals surface area contributed by atoms with Gasteiger partial charge in [0.15, 0.2) is 3.95 Å². The smallest absolute Gasteiger partial charge is 0.229 e. The first-order valence-corrected chi connectivity index (χ1v) is 7.24. The molecule has 0 radical (unpaired) electrons. The Labute approximate surface area is 121 Å². The lowest BCUT2D eigenvalue weighted by Gasteiger charge is -2.09. The maximum atomic E-state index is 12.1. The normalized spacial score (nSPS) is 10.5. The Morgan fingerprint density at radius 2 is 2.11 bits per heavy atom. The minimum absolute atomic E-state index is 0.0120. The molecule has 0 aliphatic rings. The number of aryl methyl sites for hydroxylation is 3. The van der Waals surface area contributed by atoms with E-state index in [1.807, 2.05) is 39.0 Å². The minimum atomic E-state index is -0.0120. The predicted octanol–water partition coefficient (Wildman–Crippen LogP) is 3.91. The van der Waals surface area contributed by atoms with Gasteiger partial charge >= 0.3 is 0 Å². The van der Waals surface area contributed by atoms with Gasteiger partial charge in [-0.05, 0) is 50.2 Å². The van der Waals surface area contributed by atoms with Crippen LogP contribution < -0.4 is 5.32 Å². The third-order valence-electron chi connectivity index (χ3n) is 2.91. The molecule has 1 aromatic heterocycles. The van der Waals surface area contributed by atoms with Crippen LogP contribution in [0.3, 0.4) is 0 Å². The fourth-order valence-electron chi connectivity index (χ4n) is 1.82. The summed E-state index contributed by atoms with van der Waals surface area (Å²) in [7, 11) is 0. The summed E-state index contributed by atoms with van der Waals surface area (Å²) in [5.74, 6) is -0.0120. The molecule has 0 atom stereocenters. The molecule has 2 aromatic rings. The van der Waals surface area contributed by atoms with Crippen molar-refractivity contribution in [2.24, 2.45) is 0 Å². The van der Waals surface area contributed by atoms with Gasteiger partial charge in [-0.15, -0.1) is 11.3 Å². The zero-order valence-corrected chi connectivity index (χ0v) is 12.8. The van der Waals surface area contributed by atoms with Crippen LogP contribution in [0.15, 0.2) is 18.2 Å². The molecule has 5 heteroatoms. The molecule has 1 heterocycles. The molecule has 1 aromatic carbocycles. The molecule has 100 valence electrons. The van der Waals surface area contributed by atoms with Crippen molar-refractivity contribution in [1.82, 2.24) is 4.98 Å². The van der Waals surface area contributed by atoms with Crippen LogP contribution in [0.4, 0.5) is 5.69 Å². The monoisotopic (exact) mass is 292 g/mol. The van der Waals surface area contributed by atoms with Crippen molar-refractivity contribution < 1.29 is 4.79 Å². The van der Waals surface area contributed by atoms with Gasteiger partial charge in [-0.3, -0.25) is 4.79 Å². The van der Waals surface area contributed by atoms with Crippen molar-refractivity contribution in [2.45, 2.75) is 27.2 Å². The summed E-state index contributed by atoms with van der Waals surface area (Å²) in [6.45, 7) is 5.93. The third-order valence-corrected chi connectivity index (χ3v) is 4.25. The van der Waals surface area contributed by atoms with E-state index < -0.39 is 0 Å². The first kappa shape index (κ1) is 14.0. The van der Waals surface area contributed by atoms with Gasteiger partial charge in [0.1, 0.15) is 0 Å². The standard InChI is InChI=1S/C14H16N2OS2/c1-8-4-5-9(2)11(6-8)16-13(17)7-12-10(3)15-14(18)19-12/h4-6H,7H2,1-3H3,(H,15,18)(H,16,17). The van der Waals surface area contributed by atoms with Gasteiger partial charge in [0.05, 0.1) is 6.42 Å². The van der Waals surface area contributed by atoms with Crippen LogP contribution in [0.5, 0.6) is 0 Å². The summed E-state index contributed by atoms with van der Waals surface area (Å²) < 4.78 is 0.715. The van der Waals surface area contributed by atoms with Crippen molar-refractivity contribution in [1.29, 1.82) is 0 Å². The highest BCUT2D eigenvalue weighted by atomic mass is 32.1. The third kappa shape index (κ3) is 3.52. The molecule has 0 saturated carbocycles. The number of thiazole rings is 1. The average Bonchev–Trinajstić information content (AvgIpc) is 2.62. The van der Waals surface area contributed by atoms with Crippen LogP contribution in [-0.4, -0.2) is 10.9 Å². The predicted molar refractivity (Wildman–Crippen MR) is 82.5 cm³/mol. The summed E-state index contributed by atoms with van der Waals surface area (Å²) in [5.41, 5.74) is 4.06. The summed E-state index contributed by atoms with van der Waals surface area (Å²) >= 11 is 6.53. The van der Waals surface area contributed by atoms with Gasteiger partial charge in [-0.1, -0.05) is 12.1 Å². The van der Waals surface area contributed by atoms with Gasteiger partial charge < -0.3 is 10.3 Å². The molecule has 0 saturated heterocycles. The Morgan fingerprint density at radius 3 is 2.74 bits per heavy atom. The Kier molecular flexibility index (Phi) is 4.17. The molecule has 0 fully saturated rings. The van der Waals surface area contributed by atoms with E-state index in [1.54, 1.807) is 0 Å². The second kappa shape index (κ2) is 5.67. The molecular formula is C14H16N2OS2. The Hall–Kier alpha value is -1.46. The maximum absolute atomic E-state index is 12.1. The average molecular weight is 292 g/mol. The highest BCUT2D eigenvalue weighted by molar-refractivity contribution is 7.73. The first-order valence-electron chi connectivity index (χ1n) is 6.01. The van der Waals surface area contributed by atoms with E-state index in [-0.39, 0.29) is 5.91 Å². The number of aromatic amines is 1. The van der Waals surface area contributed by atoms with Crippen LogP contribution in [0.1, 0.15) is 21.7 Å². The number of nitrogens with one attached hydrogen (secondary N) is 2. The number of carbonyl (C=O) groups is 1. The van der Waals surface area contributed by atoms with E-state index in [4.69, 9.17) is 12.2 Å². The van der Waals surface area contributed by atoms with E-state index in [2.05, 4.69) is 10.3 Å². The van der Waals surface area contributed by atoms with Gasteiger partial charge in [0.2, 0.25) is 5.91 Å². The number of aromatic nitrogens is 1. The number of hydrogen-bond acceptors (Lipinski definition) is 3. The zero-order chi connectivity index (χ0) is 14.0. The summed E-state index contributed by atoms with van der Waals surface area (Å²) in [4.78, 5) is 16.1. The van der Waals surface area contributed by atoms with Crippen molar-refractivity contribution in [3.63, 3.8) is 0 Å². The number of carbonyl (C=O) groups excluding carboxylic acids is 1. The van der Waals surface area contributed by atoms with Gasteiger partial charge in [0, 0.05) is 16.3 Å². The van der Waals surface area contributed by atoms with Crippen LogP contribution in [0.25, 0.3) is 0 Å². The fraction of sp³-hybridized carbons (Fsp3) is 0.286. The van der Waals surface area contributed by atoms with Crippen LogP contribution >= 0.6 is 23.6 Å². The summed E-state index contributed by atoms with van der Waals surface area (Å²) in [6.07, 6.45) is 0.358. The molecule has 0 bridgehead atoms. The molecule has 2 rings (SSSR count). The largest absolute Gasteiger partial charge is 0.341 e. The number of amides is 1. The van der Waals surface area contributed by atoms with E-state index in [0.29, 0.717) is 10.4 Å². The molecule has 0 unspecified atom stereocenters. The molecule has 0 aliphatic carbocycles. The lowest BCUT2D eigenvalue weighted by Crippen LogP contribution is -2.15. The van der Waals surface area contributed by atoms with E-state index >= 15 is 0 Å². The molecule has 1 amide bonds. The van der Waals surface area contributed by atoms with Crippen LogP contribution in [0.2, 0.25) is 0 Å². The lowest BCUT2D eigenvalue weighted by atomic mass is 10.1. The van der Waals surface area contributed by atoms with Crippen molar-refractivity contribution in [2.75, 3.05) is 5.32 Å². The molecular weight excluding hydrogens is 276 g/mol. The Balaban J connectivity index is 2.11. The molecule has 3 nitrogen and oxygen atoms in total. The SMILES string of the molecule is Cc1ccc(C)c(NC(=O)Cc2sc(=S)[nH]c2C)c1. The summed E-state index contributed by atoms with van der Waals surface area (Å²) in [6, 6.07) is 6.03. The summed E-state index contributed by atoms with van der Waals surface area (Å²) in [5, 5.41) is 2.96. The highest BCUT2D eigenvalue weighted by Crippen LogP contribution is 2.19. The molecule has 19 heavy (non-hydrogen) atoms. The van der Waals surface area contributed by atoms with Gasteiger partial charge in [-0.2, -0.15) is 0 Å².